The fraction of sp³-hybridized carbons (Fsp3) is 0.357. The van der Waals surface area contributed by atoms with Gasteiger partial charge in [0, 0.05) is 25.2 Å². The van der Waals surface area contributed by atoms with Crippen LogP contribution in [0.2, 0.25) is 0 Å². The Bertz CT molecular complexity index is 732. The van der Waals surface area contributed by atoms with E-state index in [0.29, 0.717) is 0 Å². The summed E-state index contributed by atoms with van der Waals surface area (Å²) in [5.41, 5.74) is -3.58. The number of hydrogen-bond acceptors (Lipinski definition) is 6. The molecule has 0 radical (unpaired) electrons. The fourth-order valence-corrected chi connectivity index (χ4v) is 2.10. The Morgan fingerprint density at radius 2 is 2.08 bits per heavy atom. The quantitative estimate of drug-likeness (QED) is 0.616. The van der Waals surface area contributed by atoms with Crippen molar-refractivity contribution in [1.82, 2.24) is 4.98 Å². The second kappa shape index (κ2) is 6.48. The molecule has 2 heterocycles. The van der Waals surface area contributed by atoms with Crippen molar-refractivity contribution in [1.29, 1.82) is 0 Å². The zero-order valence-electron chi connectivity index (χ0n) is 12.5. The van der Waals surface area contributed by atoms with Crippen LogP contribution in [0, 0.1) is 17.0 Å². The van der Waals surface area contributed by atoms with Gasteiger partial charge in [-0.1, -0.05) is 0 Å². The maximum absolute atomic E-state index is 13.3. The number of nitrogens with zero attached hydrogens (tertiary/aromatic N) is 2. The maximum atomic E-state index is 13.3. The molecule has 0 unspecified atom stereocenters. The van der Waals surface area contributed by atoms with Crippen LogP contribution in [0.25, 0.3) is 0 Å². The highest BCUT2D eigenvalue weighted by molar-refractivity contribution is 5.55. The van der Waals surface area contributed by atoms with Crippen molar-refractivity contribution in [2.24, 2.45) is 0 Å². The van der Waals surface area contributed by atoms with E-state index in [-0.39, 0.29) is 17.3 Å². The van der Waals surface area contributed by atoms with Crippen molar-refractivity contribution >= 4 is 11.5 Å². The van der Waals surface area contributed by atoms with Crippen LogP contribution in [0.3, 0.4) is 0 Å². The number of hydrogen-bond donors (Lipinski definition) is 2. The molecule has 0 fully saturated rings. The highest BCUT2D eigenvalue weighted by atomic mass is 19.4. The van der Waals surface area contributed by atoms with Gasteiger partial charge in [-0.3, -0.25) is 10.1 Å². The fourth-order valence-electron chi connectivity index (χ4n) is 2.10. The number of nitrogens with one attached hydrogen (secondary N) is 1. The average molecular weight is 345 g/mol. The zero-order chi connectivity index (χ0) is 18.0. The first kappa shape index (κ1) is 17.7. The molecule has 0 bridgehead atoms. The van der Waals surface area contributed by atoms with E-state index in [4.69, 9.17) is 4.42 Å². The predicted molar refractivity (Wildman–Crippen MR) is 77.4 cm³/mol. The van der Waals surface area contributed by atoms with Crippen molar-refractivity contribution in [3.63, 3.8) is 0 Å². The number of furan rings is 1. The first-order chi connectivity index (χ1) is 11.1. The van der Waals surface area contributed by atoms with E-state index in [1.54, 1.807) is 0 Å². The number of halogens is 3. The van der Waals surface area contributed by atoms with Gasteiger partial charge in [0.15, 0.2) is 0 Å². The number of aromatic nitrogens is 1. The second-order valence-corrected chi connectivity index (χ2v) is 5.07. The van der Waals surface area contributed by atoms with Crippen molar-refractivity contribution in [2.45, 2.75) is 25.1 Å². The highest BCUT2D eigenvalue weighted by Crippen LogP contribution is 2.42. The molecule has 0 saturated heterocycles. The molecule has 0 aliphatic rings. The highest BCUT2D eigenvalue weighted by Gasteiger charge is 2.56. The number of anilines is 1. The Balaban J connectivity index is 2.17. The summed E-state index contributed by atoms with van der Waals surface area (Å²) in [7, 11) is 0. The summed E-state index contributed by atoms with van der Waals surface area (Å²) in [6.45, 7) is 1.05. The van der Waals surface area contributed by atoms with Crippen LogP contribution in [0.4, 0.5) is 24.7 Å². The number of rotatable bonds is 6. The van der Waals surface area contributed by atoms with E-state index in [1.807, 2.05) is 0 Å². The summed E-state index contributed by atoms with van der Waals surface area (Å²) in [4.78, 5) is 13.9. The van der Waals surface area contributed by atoms with Gasteiger partial charge in [0.1, 0.15) is 11.5 Å². The largest absolute Gasteiger partial charge is 0.463 e. The van der Waals surface area contributed by atoms with Crippen molar-refractivity contribution in [3.8, 4) is 0 Å². The van der Waals surface area contributed by atoms with Crippen LogP contribution in [0.15, 0.2) is 34.9 Å². The third-order valence-electron chi connectivity index (χ3n) is 3.38. The molecule has 2 aromatic rings. The normalized spacial score (nSPS) is 14.2. The third-order valence-corrected chi connectivity index (χ3v) is 3.38. The van der Waals surface area contributed by atoms with E-state index >= 15 is 0 Å². The molecule has 10 heteroatoms. The molecule has 0 aliphatic carbocycles. The van der Waals surface area contributed by atoms with E-state index in [9.17, 15) is 28.4 Å². The second-order valence-electron chi connectivity index (χ2n) is 5.07. The monoisotopic (exact) mass is 345 g/mol. The van der Waals surface area contributed by atoms with Crippen LogP contribution < -0.4 is 5.32 Å². The number of alkyl halides is 3. The SMILES string of the molecule is Cc1ccc([C@@](O)(CCNc2ncccc2[N+](=O)[O-])C(F)(F)F)o1. The van der Waals surface area contributed by atoms with Gasteiger partial charge < -0.3 is 14.8 Å². The molecule has 0 amide bonds. The molecule has 2 aromatic heterocycles. The molecule has 130 valence electrons. The molecular formula is C14H14F3N3O4. The summed E-state index contributed by atoms with van der Waals surface area (Å²) < 4.78 is 44.7. The maximum Gasteiger partial charge on any atom is 0.424 e. The third kappa shape index (κ3) is 3.48. The van der Waals surface area contributed by atoms with Gasteiger partial charge in [0.2, 0.25) is 11.4 Å². The van der Waals surface area contributed by atoms with Crippen molar-refractivity contribution in [2.75, 3.05) is 11.9 Å². The van der Waals surface area contributed by atoms with Gasteiger partial charge in [0.25, 0.3) is 0 Å². The molecule has 7 nitrogen and oxygen atoms in total. The summed E-state index contributed by atoms with van der Waals surface area (Å²) in [6.07, 6.45) is -4.52. The average Bonchev–Trinajstić information content (AvgIpc) is 2.93. The minimum atomic E-state index is -4.98. The first-order valence-electron chi connectivity index (χ1n) is 6.84. The lowest BCUT2D eigenvalue weighted by Gasteiger charge is -2.28. The number of nitro groups is 1. The Hall–Kier alpha value is -2.62. The van der Waals surface area contributed by atoms with Gasteiger partial charge in [-0.15, -0.1) is 0 Å². The van der Waals surface area contributed by atoms with Gasteiger partial charge in [-0.25, -0.2) is 4.98 Å². The van der Waals surface area contributed by atoms with Crippen molar-refractivity contribution < 1.29 is 27.6 Å². The summed E-state index contributed by atoms with van der Waals surface area (Å²) in [5.74, 6) is -0.589. The Morgan fingerprint density at radius 3 is 2.62 bits per heavy atom. The molecule has 2 rings (SSSR count). The van der Waals surface area contributed by atoms with E-state index < -0.39 is 35.4 Å². The van der Waals surface area contributed by atoms with Crippen LogP contribution in [0.1, 0.15) is 17.9 Å². The van der Waals surface area contributed by atoms with Gasteiger partial charge in [-0.05, 0) is 25.1 Å². The number of aliphatic hydroxyl groups is 1. The first-order valence-corrected chi connectivity index (χ1v) is 6.84. The molecule has 0 saturated carbocycles. The summed E-state index contributed by atoms with van der Waals surface area (Å²) in [6, 6.07) is 4.86. The predicted octanol–water partition coefficient (Wildman–Crippen LogP) is 3.14. The van der Waals surface area contributed by atoms with Crippen LogP contribution in [-0.4, -0.2) is 27.7 Å². The molecule has 24 heavy (non-hydrogen) atoms. The Morgan fingerprint density at radius 1 is 1.38 bits per heavy atom. The Labute approximate surface area is 134 Å². The van der Waals surface area contributed by atoms with Crippen LogP contribution in [0.5, 0.6) is 0 Å². The smallest absolute Gasteiger partial charge is 0.424 e. The number of pyridine rings is 1. The van der Waals surface area contributed by atoms with Crippen LogP contribution in [-0.2, 0) is 5.60 Å². The Kier molecular flexibility index (Phi) is 4.78. The zero-order valence-corrected chi connectivity index (χ0v) is 12.5. The van der Waals surface area contributed by atoms with E-state index in [2.05, 4.69) is 10.3 Å². The minimum absolute atomic E-state index is 0.178. The van der Waals surface area contributed by atoms with E-state index in [1.165, 1.54) is 31.3 Å². The lowest BCUT2D eigenvalue weighted by molar-refractivity contribution is -0.384. The van der Waals surface area contributed by atoms with E-state index in [0.717, 1.165) is 6.07 Å². The standard InChI is InChI=1S/C14H14F3N3O4/c1-9-4-5-11(24-9)13(21,14(15,16)17)6-8-19-12-10(20(22)23)3-2-7-18-12/h2-5,7,21H,6,8H2,1H3,(H,18,19)/t13-/m0/s1. The van der Waals surface area contributed by atoms with Gasteiger partial charge in [0.05, 0.1) is 4.92 Å². The molecule has 2 N–H and O–H groups in total. The molecular weight excluding hydrogens is 331 g/mol. The number of aryl methyl sites for hydroxylation is 1. The van der Waals surface area contributed by atoms with Gasteiger partial charge >= 0.3 is 11.9 Å². The lowest BCUT2D eigenvalue weighted by Crippen LogP contribution is -2.43. The molecule has 0 aromatic carbocycles. The summed E-state index contributed by atoms with van der Waals surface area (Å²) >= 11 is 0. The van der Waals surface area contributed by atoms with Gasteiger partial charge in [-0.2, -0.15) is 13.2 Å². The molecule has 0 spiro atoms. The summed E-state index contributed by atoms with van der Waals surface area (Å²) in [5, 5.41) is 23.4. The van der Waals surface area contributed by atoms with Crippen LogP contribution >= 0.6 is 0 Å². The molecule has 0 aliphatic heterocycles. The van der Waals surface area contributed by atoms with Crippen molar-refractivity contribution in [3.05, 3.63) is 52.1 Å². The topological polar surface area (TPSA) is 101 Å². The molecule has 1 atom stereocenters. The minimum Gasteiger partial charge on any atom is -0.463 e. The lowest BCUT2D eigenvalue weighted by atomic mass is 9.95.